The maximum absolute atomic E-state index is 11.5. The van der Waals surface area contributed by atoms with Crippen molar-refractivity contribution in [1.82, 2.24) is 4.68 Å². The molecule has 2 aromatic rings. The molecule has 1 aromatic carbocycles. The number of nitrogen functional groups attached to an aromatic ring is 2. The van der Waals surface area contributed by atoms with Crippen LogP contribution in [-0.2, 0) is 0 Å². The van der Waals surface area contributed by atoms with Crippen LogP contribution in [-0.4, -0.2) is 4.68 Å². The second-order valence-corrected chi connectivity index (χ2v) is 2.83. The third-order valence-corrected chi connectivity index (χ3v) is 1.99. The first-order valence-electron chi connectivity index (χ1n) is 3.85. The summed E-state index contributed by atoms with van der Waals surface area (Å²) in [5.74, 6) is 5.69. The van der Waals surface area contributed by atoms with Crippen molar-refractivity contribution in [3.05, 3.63) is 40.7 Å². The normalized spacial score (nSPS) is 10.5. The molecule has 4 nitrogen and oxygen atoms in total. The van der Waals surface area contributed by atoms with E-state index >= 15 is 0 Å². The summed E-state index contributed by atoms with van der Waals surface area (Å²) in [7, 11) is 0. The molecule has 66 valence electrons. The van der Waals surface area contributed by atoms with Crippen LogP contribution in [0.3, 0.4) is 0 Å². The predicted molar refractivity (Wildman–Crippen MR) is 52.8 cm³/mol. The highest BCUT2D eigenvalue weighted by molar-refractivity contribution is 5.83. The highest BCUT2D eigenvalue weighted by Crippen LogP contribution is 2.10. The van der Waals surface area contributed by atoms with E-state index in [2.05, 4.69) is 0 Å². The van der Waals surface area contributed by atoms with Crippen LogP contribution in [0.15, 0.2) is 35.1 Å². The maximum atomic E-state index is 11.5. The molecule has 2 rings (SSSR count). The van der Waals surface area contributed by atoms with Gasteiger partial charge in [0.15, 0.2) is 0 Å². The number of fused-ring (bicyclic) bond motifs is 1. The molecule has 0 unspecified atom stereocenters. The zero-order valence-electron chi connectivity index (χ0n) is 6.90. The standard InChI is InChI=1S/C9H9N3O/c10-8-5-6-3-1-2-4-7(6)9(13)12(8)11/h1-5H,10-11H2. The van der Waals surface area contributed by atoms with Crippen LogP contribution >= 0.6 is 0 Å². The SMILES string of the molecule is Nc1cc2ccccc2c(=O)n1N. The lowest BCUT2D eigenvalue weighted by Crippen LogP contribution is -2.29. The van der Waals surface area contributed by atoms with Gasteiger partial charge in [0.05, 0.1) is 0 Å². The average Bonchev–Trinajstić information content (AvgIpc) is 2.15. The fourth-order valence-electron chi connectivity index (χ4n) is 1.29. The van der Waals surface area contributed by atoms with Crippen molar-refractivity contribution in [3.8, 4) is 0 Å². The Hall–Kier alpha value is -1.97. The van der Waals surface area contributed by atoms with E-state index in [0.29, 0.717) is 5.39 Å². The van der Waals surface area contributed by atoms with Gasteiger partial charge < -0.3 is 11.6 Å². The van der Waals surface area contributed by atoms with Crippen LogP contribution in [0.4, 0.5) is 5.82 Å². The van der Waals surface area contributed by atoms with Crippen LogP contribution in [0, 0.1) is 0 Å². The number of pyridine rings is 1. The highest BCUT2D eigenvalue weighted by Gasteiger charge is 2.02. The molecule has 0 spiro atoms. The van der Waals surface area contributed by atoms with Gasteiger partial charge in [0.25, 0.3) is 5.56 Å². The molecule has 0 saturated heterocycles. The molecule has 1 aromatic heterocycles. The van der Waals surface area contributed by atoms with E-state index in [1.165, 1.54) is 0 Å². The van der Waals surface area contributed by atoms with Crippen molar-refractivity contribution < 1.29 is 0 Å². The number of anilines is 1. The van der Waals surface area contributed by atoms with Crippen LogP contribution in [0.25, 0.3) is 10.8 Å². The van der Waals surface area contributed by atoms with Crippen molar-refractivity contribution in [2.45, 2.75) is 0 Å². The summed E-state index contributed by atoms with van der Waals surface area (Å²) in [6.45, 7) is 0. The maximum Gasteiger partial charge on any atom is 0.278 e. The summed E-state index contributed by atoms with van der Waals surface area (Å²) in [6.07, 6.45) is 0. The third-order valence-electron chi connectivity index (χ3n) is 1.99. The van der Waals surface area contributed by atoms with Gasteiger partial charge in [-0.3, -0.25) is 4.79 Å². The van der Waals surface area contributed by atoms with Gasteiger partial charge in [0.1, 0.15) is 5.82 Å². The van der Waals surface area contributed by atoms with Gasteiger partial charge >= 0.3 is 0 Å². The van der Waals surface area contributed by atoms with Gasteiger partial charge in [-0.1, -0.05) is 18.2 Å². The lowest BCUT2D eigenvalue weighted by molar-refractivity contribution is 0.968. The molecular weight excluding hydrogens is 166 g/mol. The summed E-state index contributed by atoms with van der Waals surface area (Å²) in [5.41, 5.74) is 5.26. The second kappa shape index (κ2) is 2.52. The zero-order valence-corrected chi connectivity index (χ0v) is 6.90. The first kappa shape index (κ1) is 7.67. The van der Waals surface area contributed by atoms with Crippen molar-refractivity contribution in [1.29, 1.82) is 0 Å². The number of hydrogen-bond donors (Lipinski definition) is 2. The van der Waals surface area contributed by atoms with Gasteiger partial charge in [0, 0.05) is 5.39 Å². The monoisotopic (exact) mass is 175 g/mol. The number of benzene rings is 1. The molecule has 13 heavy (non-hydrogen) atoms. The number of nitrogens with two attached hydrogens (primary N) is 2. The van der Waals surface area contributed by atoms with Crippen LogP contribution in [0.2, 0.25) is 0 Å². The van der Waals surface area contributed by atoms with Crippen molar-refractivity contribution in [2.24, 2.45) is 0 Å². The summed E-state index contributed by atoms with van der Waals surface area (Å²) >= 11 is 0. The minimum Gasteiger partial charge on any atom is -0.384 e. The molecule has 0 aliphatic carbocycles. The van der Waals surface area contributed by atoms with E-state index in [-0.39, 0.29) is 11.4 Å². The molecule has 0 atom stereocenters. The summed E-state index contributed by atoms with van der Waals surface area (Å²) in [5, 5.41) is 1.39. The Morgan fingerprint density at radius 3 is 2.69 bits per heavy atom. The largest absolute Gasteiger partial charge is 0.384 e. The summed E-state index contributed by atoms with van der Waals surface area (Å²) < 4.78 is 0.947. The second-order valence-electron chi connectivity index (χ2n) is 2.83. The minimum absolute atomic E-state index is 0.267. The fourth-order valence-corrected chi connectivity index (χ4v) is 1.29. The Morgan fingerprint density at radius 1 is 1.23 bits per heavy atom. The minimum atomic E-state index is -0.268. The molecular formula is C9H9N3O. The van der Waals surface area contributed by atoms with E-state index < -0.39 is 0 Å². The molecule has 4 heteroatoms. The first-order chi connectivity index (χ1) is 6.20. The van der Waals surface area contributed by atoms with Gasteiger partial charge in [-0.25, -0.2) is 4.68 Å². The lowest BCUT2D eigenvalue weighted by Gasteiger charge is -2.04. The van der Waals surface area contributed by atoms with Crippen LogP contribution in [0.1, 0.15) is 0 Å². The molecule has 0 radical (unpaired) electrons. The Labute approximate surface area is 74.4 Å². The Kier molecular flexibility index (Phi) is 1.48. The molecule has 1 heterocycles. The molecule has 0 fully saturated rings. The van der Waals surface area contributed by atoms with Crippen LogP contribution < -0.4 is 17.1 Å². The summed E-state index contributed by atoms with van der Waals surface area (Å²) in [6, 6.07) is 8.87. The Balaban J connectivity index is 3.03. The van der Waals surface area contributed by atoms with Gasteiger partial charge in [0.2, 0.25) is 0 Å². The summed E-state index contributed by atoms with van der Waals surface area (Å²) in [4.78, 5) is 11.5. The topological polar surface area (TPSA) is 74.0 Å². The molecule has 0 bridgehead atoms. The molecule has 4 N–H and O–H groups in total. The van der Waals surface area contributed by atoms with Crippen molar-refractivity contribution in [2.75, 3.05) is 11.6 Å². The van der Waals surface area contributed by atoms with E-state index in [0.717, 1.165) is 10.1 Å². The van der Waals surface area contributed by atoms with Crippen molar-refractivity contribution in [3.63, 3.8) is 0 Å². The third kappa shape index (κ3) is 1.03. The number of rotatable bonds is 0. The van der Waals surface area contributed by atoms with E-state index in [4.69, 9.17) is 11.6 Å². The Bertz CT molecular complexity index is 516. The van der Waals surface area contributed by atoms with Crippen molar-refractivity contribution >= 4 is 16.6 Å². The van der Waals surface area contributed by atoms with Gasteiger partial charge in [-0.15, -0.1) is 0 Å². The van der Waals surface area contributed by atoms with Gasteiger partial charge in [-0.2, -0.15) is 0 Å². The molecule has 0 amide bonds. The van der Waals surface area contributed by atoms with Gasteiger partial charge in [-0.05, 0) is 17.5 Å². The van der Waals surface area contributed by atoms with E-state index in [9.17, 15) is 4.79 Å². The Morgan fingerprint density at radius 2 is 1.92 bits per heavy atom. The van der Waals surface area contributed by atoms with Crippen LogP contribution in [0.5, 0.6) is 0 Å². The fraction of sp³-hybridized carbons (Fsp3) is 0. The first-order valence-corrected chi connectivity index (χ1v) is 3.85. The lowest BCUT2D eigenvalue weighted by atomic mass is 10.2. The highest BCUT2D eigenvalue weighted by atomic mass is 16.1. The smallest absolute Gasteiger partial charge is 0.278 e. The number of nitrogens with zero attached hydrogens (tertiary/aromatic N) is 1. The van der Waals surface area contributed by atoms with E-state index in [1.54, 1.807) is 18.2 Å². The number of aromatic nitrogens is 1. The quantitative estimate of drug-likeness (QED) is 0.565. The average molecular weight is 175 g/mol. The molecule has 0 aliphatic rings. The molecule has 0 aliphatic heterocycles. The zero-order chi connectivity index (χ0) is 9.42. The number of hydrogen-bond acceptors (Lipinski definition) is 3. The molecule has 0 saturated carbocycles. The van der Waals surface area contributed by atoms with E-state index in [1.807, 2.05) is 12.1 Å². The predicted octanol–water partition coefficient (Wildman–Crippen LogP) is 0.297.